The Morgan fingerprint density at radius 1 is 1.02 bits per heavy atom. The van der Waals surface area contributed by atoms with Crippen molar-refractivity contribution in [3.8, 4) is 11.5 Å². The summed E-state index contributed by atoms with van der Waals surface area (Å²) in [5.41, 5.74) is 10.3. The number of aromatic amines is 1. The molecule has 10 nitrogen and oxygen atoms in total. The fourth-order valence-corrected chi connectivity index (χ4v) is 6.10. The number of amides is 2. The van der Waals surface area contributed by atoms with Crippen LogP contribution in [0.3, 0.4) is 0 Å². The minimum Gasteiger partial charge on any atom is -0.456 e. The fraction of sp³-hybridized carbons (Fsp3) is 0.278. The molecule has 1 unspecified atom stereocenters. The zero-order valence-electron chi connectivity index (χ0n) is 26.6. The lowest BCUT2D eigenvalue weighted by Gasteiger charge is -2.32. The monoisotopic (exact) mass is 652 g/mol. The van der Waals surface area contributed by atoms with Crippen LogP contribution in [0.1, 0.15) is 43.2 Å². The van der Waals surface area contributed by atoms with Crippen LogP contribution < -0.4 is 10.5 Å². The van der Waals surface area contributed by atoms with Crippen molar-refractivity contribution in [3.63, 3.8) is 0 Å². The van der Waals surface area contributed by atoms with E-state index in [9.17, 15) is 14.4 Å². The molecule has 47 heavy (non-hydrogen) atoms. The Kier molecular flexibility index (Phi) is 9.15. The number of nitrogens with two attached hydrogens (primary N) is 1. The zero-order chi connectivity index (χ0) is 33.2. The van der Waals surface area contributed by atoms with Gasteiger partial charge >= 0.3 is 0 Å². The molecule has 3 aromatic carbocycles. The first-order valence-electron chi connectivity index (χ1n) is 15.5. The second kappa shape index (κ2) is 13.4. The lowest BCUT2D eigenvalue weighted by molar-refractivity contribution is 0.0664. The molecule has 2 aliphatic rings. The SMILES string of the molecule is CN1CCN(C(=O)c2ccc3[nH]c(C(=O)C4=C(N)C(CCc5ccc(Oc6ccccc6C(=O)N(C)C)cc5Cl)N=C4)cc3c2)CC1. The van der Waals surface area contributed by atoms with Crippen molar-refractivity contribution in [2.75, 3.05) is 47.3 Å². The van der Waals surface area contributed by atoms with Gasteiger partial charge in [-0.3, -0.25) is 19.4 Å². The molecule has 6 rings (SSSR count). The largest absolute Gasteiger partial charge is 0.456 e. The van der Waals surface area contributed by atoms with E-state index >= 15 is 0 Å². The Bertz CT molecular complexity index is 1920. The number of hydrogen-bond acceptors (Lipinski definition) is 7. The number of Topliss-reactive ketones (excluding diaryl/α,β-unsaturated/α-hetero) is 1. The number of carbonyl (C=O) groups is 3. The Morgan fingerprint density at radius 3 is 2.53 bits per heavy atom. The highest BCUT2D eigenvalue weighted by atomic mass is 35.5. The second-order valence-electron chi connectivity index (χ2n) is 12.2. The number of benzene rings is 3. The molecule has 0 saturated carbocycles. The summed E-state index contributed by atoms with van der Waals surface area (Å²) in [5.74, 6) is 0.550. The van der Waals surface area contributed by atoms with Crippen LogP contribution in [0.15, 0.2) is 83.0 Å². The van der Waals surface area contributed by atoms with E-state index in [0.717, 1.165) is 29.6 Å². The van der Waals surface area contributed by atoms with Gasteiger partial charge in [0.25, 0.3) is 11.8 Å². The number of aromatic nitrogens is 1. The number of likely N-dealkylation sites (N-methyl/N-ethyl adjacent to an activating group) is 1. The molecule has 11 heteroatoms. The molecule has 2 amide bonds. The number of aryl methyl sites for hydroxylation is 1. The van der Waals surface area contributed by atoms with E-state index in [1.54, 1.807) is 56.7 Å². The third-order valence-electron chi connectivity index (χ3n) is 8.66. The van der Waals surface area contributed by atoms with E-state index in [1.807, 2.05) is 35.2 Å². The predicted octanol–water partition coefficient (Wildman–Crippen LogP) is 5.18. The first-order valence-corrected chi connectivity index (χ1v) is 15.9. The number of aliphatic imine (C=N–C) groups is 1. The molecule has 1 fully saturated rings. The number of rotatable bonds is 9. The standard InChI is InChI=1S/C36H37ClN6O4/c1-41(2)36(46)26-6-4-5-7-32(26)47-25-11-8-22(28(37)20-25)9-13-30-33(38)27(21-39-30)34(44)31-19-24-18-23(10-12-29(24)40-31)35(45)43-16-14-42(3)15-17-43/h4-8,10-12,18-21,30,40H,9,13-17,38H2,1-3H3. The molecular weight excluding hydrogens is 616 g/mol. The van der Waals surface area contributed by atoms with Crippen LogP contribution in [0.2, 0.25) is 5.02 Å². The number of nitrogens with zero attached hydrogens (tertiary/aromatic N) is 4. The first kappa shape index (κ1) is 32.0. The summed E-state index contributed by atoms with van der Waals surface area (Å²) < 4.78 is 6.02. The average molecular weight is 653 g/mol. The number of fused-ring (bicyclic) bond motifs is 1. The molecular formula is C36H37ClN6O4. The van der Waals surface area contributed by atoms with Crippen LogP contribution >= 0.6 is 11.6 Å². The van der Waals surface area contributed by atoms with Gasteiger partial charge in [0, 0.05) is 73.7 Å². The number of nitrogens with one attached hydrogen (secondary N) is 1. The maximum Gasteiger partial charge on any atom is 0.257 e. The lowest BCUT2D eigenvalue weighted by Crippen LogP contribution is -2.47. The maximum atomic E-state index is 13.5. The Hall–Kier alpha value is -4.93. The summed E-state index contributed by atoms with van der Waals surface area (Å²) in [7, 11) is 5.44. The molecule has 0 bridgehead atoms. The molecule has 3 N–H and O–H groups in total. The number of hydrogen-bond donors (Lipinski definition) is 2. The van der Waals surface area contributed by atoms with E-state index in [1.165, 1.54) is 4.90 Å². The number of piperazine rings is 1. The molecule has 0 aliphatic carbocycles. The summed E-state index contributed by atoms with van der Waals surface area (Å²) in [6.07, 6.45) is 2.68. The number of ether oxygens (including phenoxy) is 1. The fourth-order valence-electron chi connectivity index (χ4n) is 5.83. The summed E-state index contributed by atoms with van der Waals surface area (Å²) in [6, 6.07) is 19.3. The number of allylic oxidation sites excluding steroid dienone is 1. The van der Waals surface area contributed by atoms with Crippen molar-refractivity contribution in [2.45, 2.75) is 18.9 Å². The molecule has 4 aromatic rings. The lowest BCUT2D eigenvalue weighted by atomic mass is 10.0. The van der Waals surface area contributed by atoms with Gasteiger partial charge in [-0.15, -0.1) is 0 Å². The highest BCUT2D eigenvalue weighted by molar-refractivity contribution is 6.31. The molecule has 2 aliphatic heterocycles. The number of H-pyrrole nitrogens is 1. The minimum atomic E-state index is -0.359. The molecule has 3 heterocycles. The topological polar surface area (TPSA) is 124 Å². The van der Waals surface area contributed by atoms with Gasteiger partial charge in [0.05, 0.1) is 22.9 Å². The summed E-state index contributed by atoms with van der Waals surface area (Å²) >= 11 is 6.63. The molecule has 242 valence electrons. The van der Waals surface area contributed by atoms with Crippen molar-refractivity contribution in [1.29, 1.82) is 0 Å². The van der Waals surface area contributed by atoms with Gasteiger partial charge in [-0.25, -0.2) is 0 Å². The highest BCUT2D eigenvalue weighted by Crippen LogP contribution is 2.31. The quantitative estimate of drug-likeness (QED) is 0.240. The van der Waals surface area contributed by atoms with Crippen LogP contribution in [0, 0.1) is 0 Å². The summed E-state index contributed by atoms with van der Waals surface area (Å²) in [4.78, 5) is 52.4. The Morgan fingerprint density at radius 2 is 1.79 bits per heavy atom. The van der Waals surface area contributed by atoms with Crippen LogP contribution in [-0.2, 0) is 6.42 Å². The number of carbonyl (C=O) groups excluding carboxylic acids is 3. The van der Waals surface area contributed by atoms with Crippen LogP contribution in [0.25, 0.3) is 10.9 Å². The van der Waals surface area contributed by atoms with Gasteiger partial charge in [0.2, 0.25) is 5.78 Å². The van der Waals surface area contributed by atoms with Gasteiger partial charge in [-0.1, -0.05) is 29.8 Å². The van der Waals surface area contributed by atoms with Crippen molar-refractivity contribution in [2.24, 2.45) is 10.7 Å². The van der Waals surface area contributed by atoms with Gasteiger partial charge < -0.3 is 30.2 Å². The average Bonchev–Trinajstić information content (AvgIpc) is 3.66. The van der Waals surface area contributed by atoms with Crippen LogP contribution in [-0.4, -0.2) is 96.9 Å². The van der Waals surface area contributed by atoms with Gasteiger partial charge in [-0.2, -0.15) is 0 Å². The normalized spacial score (nSPS) is 16.6. The van der Waals surface area contributed by atoms with Gasteiger partial charge in [-0.05, 0) is 74.0 Å². The maximum absolute atomic E-state index is 13.5. The number of ketones is 1. The smallest absolute Gasteiger partial charge is 0.257 e. The van der Waals surface area contributed by atoms with E-state index < -0.39 is 0 Å². The van der Waals surface area contributed by atoms with Crippen LogP contribution in [0.4, 0.5) is 0 Å². The predicted molar refractivity (Wildman–Crippen MR) is 184 cm³/mol. The van der Waals surface area contributed by atoms with E-state index in [-0.39, 0.29) is 23.6 Å². The Balaban J connectivity index is 1.10. The van der Waals surface area contributed by atoms with E-state index in [2.05, 4.69) is 21.9 Å². The van der Waals surface area contributed by atoms with Crippen molar-refractivity contribution in [1.82, 2.24) is 19.7 Å². The number of para-hydroxylation sites is 1. The van der Waals surface area contributed by atoms with Gasteiger partial charge in [0.15, 0.2) is 0 Å². The van der Waals surface area contributed by atoms with Gasteiger partial charge in [0.1, 0.15) is 11.5 Å². The summed E-state index contributed by atoms with van der Waals surface area (Å²) in [6.45, 7) is 3.08. The highest BCUT2D eigenvalue weighted by Gasteiger charge is 2.27. The van der Waals surface area contributed by atoms with E-state index in [0.29, 0.717) is 70.5 Å². The second-order valence-corrected chi connectivity index (χ2v) is 12.6. The third kappa shape index (κ3) is 6.79. The molecule has 1 aromatic heterocycles. The molecule has 1 saturated heterocycles. The van der Waals surface area contributed by atoms with Crippen molar-refractivity contribution in [3.05, 3.63) is 105 Å². The van der Waals surface area contributed by atoms with Crippen molar-refractivity contribution < 1.29 is 19.1 Å². The molecule has 0 radical (unpaired) electrons. The van der Waals surface area contributed by atoms with Crippen LogP contribution in [0.5, 0.6) is 11.5 Å². The Labute approximate surface area is 278 Å². The third-order valence-corrected chi connectivity index (χ3v) is 9.02. The first-order chi connectivity index (χ1) is 22.6. The van der Waals surface area contributed by atoms with Crippen molar-refractivity contribution >= 4 is 46.3 Å². The zero-order valence-corrected chi connectivity index (χ0v) is 27.4. The summed E-state index contributed by atoms with van der Waals surface area (Å²) in [5, 5.41) is 1.30. The minimum absolute atomic E-state index is 0.00380. The number of halogens is 1. The molecule has 1 atom stereocenters. The van der Waals surface area contributed by atoms with E-state index in [4.69, 9.17) is 22.1 Å². The molecule has 0 spiro atoms.